The monoisotopic (exact) mass is 534 g/mol. The highest BCUT2D eigenvalue weighted by molar-refractivity contribution is 5.98. The number of carbonyl (C=O) groups is 1. The molecule has 40 heavy (non-hydrogen) atoms. The Kier molecular flexibility index (Phi) is 6.98. The molecule has 6 rings (SSSR count). The number of benzene rings is 3. The number of hydrogen-bond donors (Lipinski definition) is 3. The lowest BCUT2D eigenvalue weighted by atomic mass is 10.1. The number of amides is 1. The maximum Gasteiger partial charge on any atom is 0.238 e. The van der Waals surface area contributed by atoms with Crippen LogP contribution in [0.25, 0.3) is 22.3 Å². The molecule has 0 saturated carbocycles. The number of fused-ring (bicyclic) bond motifs is 1. The minimum Gasteiger partial charge on any atom is -0.457 e. The van der Waals surface area contributed by atoms with Gasteiger partial charge in [0.15, 0.2) is 5.65 Å². The predicted octanol–water partition coefficient (Wildman–Crippen LogP) is 4.73. The Labute approximate surface area is 231 Å². The number of nitrogens with one attached hydrogen (secondary N) is 1. The first-order valence-electron chi connectivity index (χ1n) is 13.2. The fourth-order valence-electron chi connectivity index (χ4n) is 5.08. The van der Waals surface area contributed by atoms with Gasteiger partial charge in [0.1, 0.15) is 29.3 Å². The molecule has 0 aliphatic carbocycles. The fourth-order valence-corrected chi connectivity index (χ4v) is 5.08. The number of aromatic nitrogens is 4. The summed E-state index contributed by atoms with van der Waals surface area (Å²) in [6.07, 6.45) is 3.13. The van der Waals surface area contributed by atoms with Crippen LogP contribution >= 0.6 is 0 Å². The average molecular weight is 535 g/mol. The number of nitrogens with zero attached hydrogens (tertiary/aromatic N) is 5. The van der Waals surface area contributed by atoms with Crippen molar-refractivity contribution in [2.24, 2.45) is 0 Å². The summed E-state index contributed by atoms with van der Waals surface area (Å²) in [6, 6.07) is 24.8. The lowest BCUT2D eigenvalue weighted by Crippen LogP contribution is -2.40. The van der Waals surface area contributed by atoms with Crippen LogP contribution in [0, 0.1) is 0 Å². The van der Waals surface area contributed by atoms with Crippen LogP contribution in [0.4, 0.5) is 17.2 Å². The Hall–Kier alpha value is -4.96. The standard InChI is InChI=1S/C30H30N8O2/c31-24-8-4-5-9-25(24)35-26(39)18-37-16-14-21(15-17-37)38-30-27(29(32)33-19-34-30)28(36-38)20-10-12-23(13-11-20)40-22-6-2-1-3-7-22/h1-13,19,21H,14-18,31H2,(H,35,39)(H2,32,33,34). The third-order valence-corrected chi connectivity index (χ3v) is 7.13. The van der Waals surface area contributed by atoms with Gasteiger partial charge in [-0.15, -0.1) is 0 Å². The topological polar surface area (TPSA) is 137 Å². The van der Waals surface area contributed by atoms with Crippen molar-refractivity contribution in [3.8, 4) is 22.8 Å². The van der Waals surface area contributed by atoms with E-state index in [1.807, 2.05) is 71.4 Å². The van der Waals surface area contributed by atoms with Gasteiger partial charge in [0, 0.05) is 18.7 Å². The maximum absolute atomic E-state index is 12.6. The van der Waals surface area contributed by atoms with Crippen LogP contribution in [0.1, 0.15) is 18.9 Å². The molecule has 3 aromatic carbocycles. The molecule has 0 bridgehead atoms. The van der Waals surface area contributed by atoms with Gasteiger partial charge in [0.25, 0.3) is 0 Å². The van der Waals surface area contributed by atoms with Crippen LogP contribution in [0.15, 0.2) is 85.2 Å². The van der Waals surface area contributed by atoms with Crippen LogP contribution in [-0.4, -0.2) is 50.2 Å². The number of ether oxygens (including phenoxy) is 1. The number of para-hydroxylation sites is 3. The van der Waals surface area contributed by atoms with Crippen molar-refractivity contribution in [3.63, 3.8) is 0 Å². The Morgan fingerprint density at radius 3 is 2.35 bits per heavy atom. The lowest BCUT2D eigenvalue weighted by molar-refractivity contribution is -0.117. The van der Waals surface area contributed by atoms with Gasteiger partial charge in [0.05, 0.1) is 29.3 Å². The van der Waals surface area contributed by atoms with Crippen LogP contribution < -0.4 is 21.5 Å². The number of hydrogen-bond acceptors (Lipinski definition) is 8. The van der Waals surface area contributed by atoms with Crippen molar-refractivity contribution >= 4 is 34.1 Å². The Balaban J connectivity index is 1.17. The molecular formula is C30H30N8O2. The van der Waals surface area contributed by atoms with Crippen molar-refractivity contribution in [1.82, 2.24) is 24.6 Å². The van der Waals surface area contributed by atoms with Crippen molar-refractivity contribution in [1.29, 1.82) is 0 Å². The first-order chi connectivity index (χ1) is 19.5. The van der Waals surface area contributed by atoms with E-state index in [1.165, 1.54) is 6.33 Å². The number of rotatable bonds is 7. The van der Waals surface area contributed by atoms with E-state index in [9.17, 15) is 4.79 Å². The van der Waals surface area contributed by atoms with Crippen LogP contribution in [0.3, 0.4) is 0 Å². The molecule has 0 atom stereocenters. The van der Waals surface area contributed by atoms with Crippen LogP contribution in [0.2, 0.25) is 0 Å². The highest BCUT2D eigenvalue weighted by Gasteiger charge is 2.27. The van der Waals surface area contributed by atoms with Gasteiger partial charge in [-0.25, -0.2) is 14.6 Å². The third-order valence-electron chi connectivity index (χ3n) is 7.13. The van der Waals surface area contributed by atoms with E-state index < -0.39 is 0 Å². The molecule has 1 saturated heterocycles. The zero-order valence-corrected chi connectivity index (χ0v) is 21.9. The van der Waals surface area contributed by atoms with Crippen LogP contribution in [-0.2, 0) is 4.79 Å². The van der Waals surface area contributed by atoms with Gasteiger partial charge < -0.3 is 21.5 Å². The second-order valence-electron chi connectivity index (χ2n) is 9.83. The SMILES string of the molecule is Nc1ccccc1NC(=O)CN1CCC(n2nc(-c3ccc(Oc4ccccc4)cc3)c3c(N)ncnc32)CC1. The summed E-state index contributed by atoms with van der Waals surface area (Å²) in [7, 11) is 0. The summed E-state index contributed by atoms with van der Waals surface area (Å²) in [5.41, 5.74) is 15.8. The highest BCUT2D eigenvalue weighted by atomic mass is 16.5. The average Bonchev–Trinajstić information content (AvgIpc) is 3.37. The van der Waals surface area contributed by atoms with Crippen molar-refractivity contribution in [3.05, 3.63) is 85.2 Å². The predicted molar refractivity (Wildman–Crippen MR) is 156 cm³/mol. The second-order valence-corrected chi connectivity index (χ2v) is 9.83. The maximum atomic E-state index is 12.6. The molecule has 10 heteroatoms. The highest BCUT2D eigenvalue weighted by Crippen LogP contribution is 2.35. The molecule has 1 aliphatic heterocycles. The van der Waals surface area contributed by atoms with Gasteiger partial charge >= 0.3 is 0 Å². The van der Waals surface area contributed by atoms with E-state index >= 15 is 0 Å². The molecule has 0 unspecified atom stereocenters. The van der Waals surface area contributed by atoms with E-state index in [0.29, 0.717) is 29.4 Å². The summed E-state index contributed by atoms with van der Waals surface area (Å²) in [5, 5.41) is 8.64. The number of nitrogen functional groups attached to an aromatic ring is 2. The Morgan fingerprint density at radius 2 is 1.60 bits per heavy atom. The molecule has 3 heterocycles. The number of likely N-dealkylation sites (tertiary alicyclic amines) is 1. The number of carbonyl (C=O) groups excluding carboxylic acids is 1. The molecule has 5 aromatic rings. The van der Waals surface area contributed by atoms with E-state index in [2.05, 4.69) is 20.2 Å². The van der Waals surface area contributed by atoms with Gasteiger partial charge in [-0.3, -0.25) is 9.69 Å². The Morgan fingerprint density at radius 1 is 0.900 bits per heavy atom. The summed E-state index contributed by atoms with van der Waals surface area (Å²) in [6.45, 7) is 1.81. The molecular weight excluding hydrogens is 504 g/mol. The Bertz CT molecular complexity index is 1630. The van der Waals surface area contributed by atoms with E-state index in [4.69, 9.17) is 21.3 Å². The third kappa shape index (κ3) is 5.29. The van der Waals surface area contributed by atoms with Gasteiger partial charge in [0.2, 0.25) is 5.91 Å². The number of nitrogens with two attached hydrogens (primary N) is 2. The molecule has 1 aliphatic rings. The smallest absolute Gasteiger partial charge is 0.238 e. The van der Waals surface area contributed by atoms with E-state index in [-0.39, 0.29) is 11.9 Å². The molecule has 10 nitrogen and oxygen atoms in total. The quantitative estimate of drug-likeness (QED) is 0.255. The minimum absolute atomic E-state index is 0.0802. The van der Waals surface area contributed by atoms with Gasteiger partial charge in [-0.05, 0) is 61.4 Å². The molecule has 5 N–H and O–H groups in total. The zero-order chi connectivity index (χ0) is 27.5. The van der Waals surface area contributed by atoms with Crippen molar-refractivity contribution in [2.75, 3.05) is 36.4 Å². The first kappa shape index (κ1) is 25.3. The minimum atomic E-state index is -0.0802. The summed E-state index contributed by atoms with van der Waals surface area (Å²) in [5.74, 6) is 1.82. The van der Waals surface area contributed by atoms with Crippen molar-refractivity contribution < 1.29 is 9.53 Å². The lowest BCUT2D eigenvalue weighted by Gasteiger charge is -2.31. The summed E-state index contributed by atoms with van der Waals surface area (Å²) in [4.78, 5) is 23.6. The van der Waals surface area contributed by atoms with Crippen molar-refractivity contribution in [2.45, 2.75) is 18.9 Å². The zero-order valence-electron chi connectivity index (χ0n) is 21.9. The van der Waals surface area contributed by atoms with E-state index in [1.54, 1.807) is 12.1 Å². The molecule has 0 spiro atoms. The van der Waals surface area contributed by atoms with E-state index in [0.717, 1.165) is 54.1 Å². The molecule has 1 fully saturated rings. The number of anilines is 3. The molecule has 0 radical (unpaired) electrons. The van der Waals surface area contributed by atoms with Crippen LogP contribution in [0.5, 0.6) is 11.5 Å². The normalized spacial score (nSPS) is 14.3. The molecule has 1 amide bonds. The molecule has 202 valence electrons. The summed E-state index contributed by atoms with van der Waals surface area (Å²) >= 11 is 0. The first-order valence-corrected chi connectivity index (χ1v) is 13.2. The largest absolute Gasteiger partial charge is 0.457 e. The van der Waals surface area contributed by atoms with Gasteiger partial charge in [-0.1, -0.05) is 30.3 Å². The number of piperidine rings is 1. The summed E-state index contributed by atoms with van der Waals surface area (Å²) < 4.78 is 7.91. The second kappa shape index (κ2) is 11.0. The van der Waals surface area contributed by atoms with Gasteiger partial charge in [-0.2, -0.15) is 5.10 Å². The fraction of sp³-hybridized carbons (Fsp3) is 0.200. The molecule has 2 aromatic heterocycles.